The first-order valence-corrected chi connectivity index (χ1v) is 4.13. The van der Waals surface area contributed by atoms with Crippen molar-refractivity contribution in [3.8, 4) is 0 Å². The molecule has 0 spiro atoms. The molecule has 0 atom stereocenters. The predicted octanol–water partition coefficient (Wildman–Crippen LogP) is 0.637. The quantitative estimate of drug-likeness (QED) is 0.668. The molecule has 0 saturated heterocycles. The van der Waals surface area contributed by atoms with Crippen LogP contribution < -0.4 is 5.73 Å². The van der Waals surface area contributed by atoms with E-state index in [2.05, 4.69) is 17.9 Å². The highest BCUT2D eigenvalue weighted by molar-refractivity contribution is 5.76. The summed E-state index contributed by atoms with van der Waals surface area (Å²) in [6.45, 7) is 3.87. The molecule has 1 amide bonds. The Morgan fingerprint density at radius 3 is 3.08 bits per heavy atom. The Kier molecular flexibility index (Phi) is 2.91. The molecule has 1 aliphatic rings. The fraction of sp³-hybridized carbons (Fsp3) is 0.444. The van der Waals surface area contributed by atoms with Crippen LogP contribution in [-0.2, 0) is 4.79 Å². The molecule has 0 bridgehead atoms. The Balaban J connectivity index is 2.63. The van der Waals surface area contributed by atoms with Crippen molar-refractivity contribution in [1.82, 2.24) is 4.90 Å². The van der Waals surface area contributed by atoms with Crippen LogP contribution in [-0.4, -0.2) is 23.9 Å². The van der Waals surface area contributed by atoms with E-state index in [-0.39, 0.29) is 5.91 Å². The standard InChI is InChI=1S/C9H14N2O/c1-2-11-6-4-3-5-8(11)7-9(10)12/h3-5H,2,6-7H2,1H3,(H2,10,12). The average molecular weight is 166 g/mol. The van der Waals surface area contributed by atoms with Crippen molar-refractivity contribution in [1.29, 1.82) is 0 Å². The third-order valence-electron chi connectivity index (χ3n) is 1.89. The summed E-state index contributed by atoms with van der Waals surface area (Å²) in [5.41, 5.74) is 6.13. The van der Waals surface area contributed by atoms with Crippen molar-refractivity contribution in [2.45, 2.75) is 13.3 Å². The molecule has 3 nitrogen and oxygen atoms in total. The molecule has 0 aromatic heterocycles. The van der Waals surface area contributed by atoms with E-state index in [0.29, 0.717) is 6.42 Å². The number of carbonyl (C=O) groups is 1. The molecule has 0 fully saturated rings. The van der Waals surface area contributed by atoms with Gasteiger partial charge in [-0.3, -0.25) is 4.79 Å². The summed E-state index contributed by atoms with van der Waals surface area (Å²) >= 11 is 0. The number of carbonyl (C=O) groups excluding carboxylic acids is 1. The van der Waals surface area contributed by atoms with E-state index >= 15 is 0 Å². The maximum absolute atomic E-state index is 10.7. The molecule has 1 heterocycles. The zero-order valence-corrected chi connectivity index (χ0v) is 7.29. The topological polar surface area (TPSA) is 46.3 Å². The van der Waals surface area contributed by atoms with E-state index in [1.165, 1.54) is 0 Å². The molecular weight excluding hydrogens is 152 g/mol. The molecular formula is C9H14N2O. The first-order valence-electron chi connectivity index (χ1n) is 4.13. The Morgan fingerprint density at radius 2 is 2.50 bits per heavy atom. The molecule has 1 rings (SSSR count). The predicted molar refractivity (Wildman–Crippen MR) is 48.3 cm³/mol. The number of amides is 1. The molecule has 0 saturated carbocycles. The fourth-order valence-electron chi connectivity index (χ4n) is 1.27. The molecule has 2 N–H and O–H groups in total. The Morgan fingerprint density at radius 1 is 1.75 bits per heavy atom. The van der Waals surface area contributed by atoms with Gasteiger partial charge in [-0.25, -0.2) is 0 Å². The molecule has 0 aliphatic carbocycles. The van der Waals surface area contributed by atoms with Crippen LogP contribution in [0.15, 0.2) is 23.9 Å². The lowest BCUT2D eigenvalue weighted by Crippen LogP contribution is -2.27. The third kappa shape index (κ3) is 2.12. The van der Waals surface area contributed by atoms with Gasteiger partial charge in [-0.2, -0.15) is 0 Å². The van der Waals surface area contributed by atoms with Gasteiger partial charge in [0.1, 0.15) is 0 Å². The normalized spacial score (nSPS) is 16.1. The molecule has 3 heteroatoms. The summed E-state index contributed by atoms with van der Waals surface area (Å²) in [6, 6.07) is 0. The number of hydrogen-bond donors (Lipinski definition) is 1. The molecule has 12 heavy (non-hydrogen) atoms. The largest absolute Gasteiger partial charge is 0.371 e. The van der Waals surface area contributed by atoms with E-state index in [4.69, 9.17) is 5.73 Å². The van der Waals surface area contributed by atoms with Crippen LogP contribution >= 0.6 is 0 Å². The minimum Gasteiger partial charge on any atom is -0.371 e. The number of nitrogens with zero attached hydrogens (tertiary/aromatic N) is 1. The fourth-order valence-corrected chi connectivity index (χ4v) is 1.27. The van der Waals surface area contributed by atoms with Crippen molar-refractivity contribution >= 4 is 5.91 Å². The van der Waals surface area contributed by atoms with Gasteiger partial charge in [-0.1, -0.05) is 12.2 Å². The first kappa shape index (κ1) is 8.84. The van der Waals surface area contributed by atoms with Crippen molar-refractivity contribution in [3.63, 3.8) is 0 Å². The van der Waals surface area contributed by atoms with Crippen LogP contribution in [0.1, 0.15) is 13.3 Å². The number of allylic oxidation sites excluding steroid dienone is 2. The van der Waals surface area contributed by atoms with E-state index < -0.39 is 0 Å². The Bertz CT molecular complexity index is 231. The number of hydrogen-bond acceptors (Lipinski definition) is 2. The first-order chi connectivity index (χ1) is 5.74. The number of primary amides is 1. The van der Waals surface area contributed by atoms with Gasteiger partial charge in [0, 0.05) is 18.8 Å². The summed E-state index contributed by atoms with van der Waals surface area (Å²) < 4.78 is 0. The van der Waals surface area contributed by atoms with Gasteiger partial charge in [0.25, 0.3) is 0 Å². The second kappa shape index (κ2) is 3.95. The van der Waals surface area contributed by atoms with Crippen LogP contribution in [0.4, 0.5) is 0 Å². The minimum atomic E-state index is -0.269. The van der Waals surface area contributed by atoms with Crippen LogP contribution in [0.2, 0.25) is 0 Å². The summed E-state index contributed by atoms with van der Waals surface area (Å²) in [7, 11) is 0. The maximum Gasteiger partial charge on any atom is 0.223 e. The van der Waals surface area contributed by atoms with Gasteiger partial charge in [-0.05, 0) is 13.0 Å². The van der Waals surface area contributed by atoms with Crippen LogP contribution in [0.5, 0.6) is 0 Å². The second-order valence-electron chi connectivity index (χ2n) is 2.77. The van der Waals surface area contributed by atoms with Crippen molar-refractivity contribution in [2.75, 3.05) is 13.1 Å². The van der Waals surface area contributed by atoms with Gasteiger partial charge in [0.15, 0.2) is 0 Å². The van der Waals surface area contributed by atoms with Crippen molar-refractivity contribution in [2.24, 2.45) is 5.73 Å². The number of rotatable bonds is 3. The third-order valence-corrected chi connectivity index (χ3v) is 1.89. The van der Waals surface area contributed by atoms with Crippen LogP contribution in [0.25, 0.3) is 0 Å². The second-order valence-corrected chi connectivity index (χ2v) is 2.77. The van der Waals surface area contributed by atoms with E-state index in [9.17, 15) is 4.79 Å². The van der Waals surface area contributed by atoms with Gasteiger partial charge >= 0.3 is 0 Å². The van der Waals surface area contributed by atoms with Gasteiger partial charge < -0.3 is 10.6 Å². The molecule has 0 aromatic carbocycles. The zero-order valence-electron chi connectivity index (χ0n) is 7.29. The summed E-state index contributed by atoms with van der Waals surface area (Å²) in [4.78, 5) is 12.8. The van der Waals surface area contributed by atoms with Gasteiger partial charge in [-0.15, -0.1) is 0 Å². The maximum atomic E-state index is 10.7. The Hall–Kier alpha value is -1.25. The smallest absolute Gasteiger partial charge is 0.223 e. The van der Waals surface area contributed by atoms with Crippen LogP contribution in [0, 0.1) is 0 Å². The Labute approximate surface area is 72.5 Å². The monoisotopic (exact) mass is 166 g/mol. The zero-order chi connectivity index (χ0) is 8.97. The van der Waals surface area contributed by atoms with Crippen molar-refractivity contribution in [3.05, 3.63) is 23.9 Å². The SMILES string of the molecule is CCN1CC=CC=C1CC(N)=O. The number of nitrogens with two attached hydrogens (primary N) is 1. The minimum absolute atomic E-state index is 0.269. The molecule has 0 unspecified atom stereocenters. The lowest BCUT2D eigenvalue weighted by atomic mass is 10.2. The van der Waals surface area contributed by atoms with Gasteiger partial charge in [0.05, 0.1) is 6.42 Å². The van der Waals surface area contributed by atoms with E-state index in [1.54, 1.807) is 0 Å². The molecule has 0 radical (unpaired) electrons. The summed E-state index contributed by atoms with van der Waals surface area (Å²) in [5, 5.41) is 0. The van der Waals surface area contributed by atoms with Crippen LogP contribution in [0.3, 0.4) is 0 Å². The lowest BCUT2D eigenvalue weighted by Gasteiger charge is -2.25. The van der Waals surface area contributed by atoms with Crippen molar-refractivity contribution < 1.29 is 4.79 Å². The highest BCUT2D eigenvalue weighted by Crippen LogP contribution is 2.12. The number of likely N-dealkylation sites (N-methyl/N-ethyl adjacent to an activating group) is 1. The lowest BCUT2D eigenvalue weighted by molar-refractivity contribution is -0.117. The van der Waals surface area contributed by atoms with E-state index in [1.807, 2.05) is 12.2 Å². The van der Waals surface area contributed by atoms with E-state index in [0.717, 1.165) is 18.8 Å². The summed E-state index contributed by atoms with van der Waals surface area (Å²) in [5.74, 6) is -0.269. The van der Waals surface area contributed by atoms with Gasteiger partial charge in [0.2, 0.25) is 5.91 Å². The highest BCUT2D eigenvalue weighted by Gasteiger charge is 2.10. The summed E-state index contributed by atoms with van der Waals surface area (Å²) in [6.07, 6.45) is 6.31. The molecule has 66 valence electrons. The molecule has 0 aromatic rings. The highest BCUT2D eigenvalue weighted by atomic mass is 16.1. The average Bonchev–Trinajstić information content (AvgIpc) is 2.04. The molecule has 1 aliphatic heterocycles.